The van der Waals surface area contributed by atoms with Crippen LogP contribution in [0.3, 0.4) is 0 Å². The molecule has 4 aromatic rings. The third kappa shape index (κ3) is 4.39. The third-order valence-electron chi connectivity index (χ3n) is 3.81. The average molecular weight is 355 g/mol. The fourth-order valence-electron chi connectivity index (χ4n) is 2.53. The molecule has 0 saturated heterocycles. The molecule has 2 aromatic carbocycles. The number of fused-ring (bicyclic) bond motifs is 2. The van der Waals surface area contributed by atoms with Crippen molar-refractivity contribution in [1.29, 1.82) is 0 Å². The highest BCUT2D eigenvalue weighted by Crippen LogP contribution is 2.10. The number of benzene rings is 2. The molecule has 0 bridgehead atoms. The van der Waals surface area contributed by atoms with E-state index < -0.39 is 0 Å². The molecule has 4 rings (SSSR count). The Balaban J connectivity index is 0.000000181. The molecule has 0 aliphatic carbocycles. The number of aromatic amines is 1. The number of aliphatic hydroxyl groups excluding tert-OH is 2. The van der Waals surface area contributed by atoms with Gasteiger partial charge in [-0.15, -0.1) is 5.10 Å². The van der Waals surface area contributed by atoms with Crippen molar-refractivity contribution in [2.45, 2.75) is 6.67 Å². The van der Waals surface area contributed by atoms with E-state index in [9.17, 15) is 0 Å². The Hall–Kier alpha value is -2.88. The molecule has 136 valence electrons. The summed E-state index contributed by atoms with van der Waals surface area (Å²) >= 11 is 0. The quantitative estimate of drug-likeness (QED) is 0.464. The van der Waals surface area contributed by atoms with Crippen molar-refractivity contribution in [3.63, 3.8) is 0 Å². The lowest BCUT2D eigenvalue weighted by molar-refractivity contribution is 0.130. The summed E-state index contributed by atoms with van der Waals surface area (Å²) in [6.07, 6.45) is 0. The van der Waals surface area contributed by atoms with E-state index in [0.717, 1.165) is 22.1 Å². The maximum Gasteiger partial charge on any atom is 0.113 e. The van der Waals surface area contributed by atoms with Crippen molar-refractivity contribution in [1.82, 2.24) is 35.3 Å². The van der Waals surface area contributed by atoms with E-state index >= 15 is 0 Å². The highest BCUT2D eigenvalue weighted by Gasteiger charge is 2.08. The second-order valence-electron chi connectivity index (χ2n) is 5.60. The molecule has 2 aromatic heterocycles. The highest BCUT2D eigenvalue weighted by molar-refractivity contribution is 5.74. The highest BCUT2D eigenvalue weighted by atomic mass is 16.3. The van der Waals surface area contributed by atoms with Gasteiger partial charge < -0.3 is 10.2 Å². The molecule has 9 heteroatoms. The summed E-state index contributed by atoms with van der Waals surface area (Å²) in [4.78, 5) is 1.92. The lowest BCUT2D eigenvalue weighted by Gasteiger charge is -2.19. The number of hydrogen-bond acceptors (Lipinski definition) is 7. The van der Waals surface area contributed by atoms with Gasteiger partial charge in [0.05, 0.1) is 25.4 Å². The molecular formula is C17H21N7O2. The van der Waals surface area contributed by atoms with E-state index in [1.54, 1.807) is 4.68 Å². The Kier molecular flexibility index (Phi) is 6.20. The number of rotatable bonds is 6. The molecule has 2 heterocycles. The zero-order chi connectivity index (χ0) is 18.2. The smallest absolute Gasteiger partial charge is 0.113 e. The standard InChI is InChI=1S/C11H16N4O2.C6H5N3/c16-7-5-14(6-8-17)9-15-11-4-2-1-3-10(11)12-13-15;1-2-4-6-5(3-1)7-9-8-6/h1-4,16-17H,5-9H2;1-4H,(H,7,8,9). The number of nitrogens with zero attached hydrogens (tertiary/aromatic N) is 6. The maximum absolute atomic E-state index is 8.94. The Bertz CT molecular complexity index is 901. The van der Waals surface area contributed by atoms with Gasteiger partial charge in [-0.2, -0.15) is 15.4 Å². The number of hydrogen-bond donors (Lipinski definition) is 3. The summed E-state index contributed by atoms with van der Waals surface area (Å²) in [7, 11) is 0. The first kappa shape index (κ1) is 17.9. The summed E-state index contributed by atoms with van der Waals surface area (Å²) in [5.41, 5.74) is 3.63. The van der Waals surface area contributed by atoms with Crippen LogP contribution in [-0.2, 0) is 6.67 Å². The lowest BCUT2D eigenvalue weighted by atomic mass is 10.3. The Labute approximate surface area is 149 Å². The molecule has 0 unspecified atom stereocenters. The first-order valence-electron chi connectivity index (χ1n) is 8.29. The van der Waals surface area contributed by atoms with Crippen LogP contribution in [0.25, 0.3) is 22.1 Å². The lowest BCUT2D eigenvalue weighted by Crippen LogP contribution is -2.32. The van der Waals surface area contributed by atoms with Gasteiger partial charge in [0.2, 0.25) is 0 Å². The molecule has 0 aliphatic rings. The van der Waals surface area contributed by atoms with Crippen molar-refractivity contribution in [3.8, 4) is 0 Å². The zero-order valence-electron chi connectivity index (χ0n) is 14.2. The molecule has 0 fully saturated rings. The van der Waals surface area contributed by atoms with Gasteiger partial charge in [0.25, 0.3) is 0 Å². The summed E-state index contributed by atoms with van der Waals surface area (Å²) in [6, 6.07) is 15.4. The van der Waals surface area contributed by atoms with E-state index in [0.29, 0.717) is 19.8 Å². The minimum atomic E-state index is 0.0621. The van der Waals surface area contributed by atoms with E-state index in [4.69, 9.17) is 10.2 Å². The van der Waals surface area contributed by atoms with Crippen molar-refractivity contribution >= 4 is 22.1 Å². The Morgan fingerprint density at radius 3 is 2.04 bits per heavy atom. The fourth-order valence-corrected chi connectivity index (χ4v) is 2.53. The molecule has 3 N–H and O–H groups in total. The summed E-state index contributed by atoms with van der Waals surface area (Å²) < 4.78 is 1.76. The molecule has 0 saturated carbocycles. The predicted octanol–water partition coefficient (Wildman–Crippen LogP) is 0.633. The van der Waals surface area contributed by atoms with Gasteiger partial charge in [-0.25, -0.2) is 4.68 Å². The topological polar surface area (TPSA) is 116 Å². The van der Waals surface area contributed by atoms with Crippen LogP contribution in [0, 0.1) is 0 Å². The molecule has 26 heavy (non-hydrogen) atoms. The number of para-hydroxylation sites is 3. The zero-order valence-corrected chi connectivity index (χ0v) is 14.2. The molecule has 0 aliphatic heterocycles. The Morgan fingerprint density at radius 1 is 0.846 bits per heavy atom. The van der Waals surface area contributed by atoms with Crippen molar-refractivity contribution in [2.75, 3.05) is 26.3 Å². The van der Waals surface area contributed by atoms with Crippen LogP contribution in [0.1, 0.15) is 0 Å². The van der Waals surface area contributed by atoms with Crippen LogP contribution in [0.2, 0.25) is 0 Å². The van der Waals surface area contributed by atoms with Crippen molar-refractivity contribution in [3.05, 3.63) is 48.5 Å². The normalized spacial score (nSPS) is 11.0. The van der Waals surface area contributed by atoms with Crippen molar-refractivity contribution in [2.24, 2.45) is 0 Å². The molecule has 9 nitrogen and oxygen atoms in total. The van der Waals surface area contributed by atoms with E-state index in [2.05, 4.69) is 25.7 Å². The maximum atomic E-state index is 8.94. The number of aliphatic hydroxyl groups is 2. The Morgan fingerprint density at radius 2 is 1.42 bits per heavy atom. The van der Waals surface area contributed by atoms with Gasteiger partial charge in [0, 0.05) is 13.1 Å². The van der Waals surface area contributed by atoms with Gasteiger partial charge in [-0.3, -0.25) is 4.90 Å². The van der Waals surface area contributed by atoms with Crippen LogP contribution >= 0.6 is 0 Å². The van der Waals surface area contributed by atoms with Gasteiger partial charge in [0.15, 0.2) is 0 Å². The molecule has 0 atom stereocenters. The summed E-state index contributed by atoms with van der Waals surface area (Å²) in [5.74, 6) is 0. The van der Waals surface area contributed by atoms with Gasteiger partial charge in [-0.1, -0.05) is 29.5 Å². The largest absolute Gasteiger partial charge is 0.395 e. The monoisotopic (exact) mass is 355 g/mol. The third-order valence-corrected chi connectivity index (χ3v) is 3.81. The summed E-state index contributed by atoms with van der Waals surface area (Å²) in [6.45, 7) is 1.66. The van der Waals surface area contributed by atoms with Crippen LogP contribution in [0.5, 0.6) is 0 Å². The van der Waals surface area contributed by atoms with Crippen LogP contribution in [0.15, 0.2) is 48.5 Å². The number of H-pyrrole nitrogens is 1. The first-order chi connectivity index (χ1) is 12.8. The molecule has 0 spiro atoms. The second kappa shape index (κ2) is 8.99. The molecule has 0 amide bonds. The minimum absolute atomic E-state index is 0.0621. The second-order valence-corrected chi connectivity index (χ2v) is 5.60. The minimum Gasteiger partial charge on any atom is -0.395 e. The summed E-state index contributed by atoms with van der Waals surface area (Å²) in [5, 5.41) is 36.3. The molecular weight excluding hydrogens is 334 g/mol. The fraction of sp³-hybridized carbons (Fsp3) is 0.294. The van der Waals surface area contributed by atoms with Crippen molar-refractivity contribution < 1.29 is 10.2 Å². The molecule has 0 radical (unpaired) electrons. The van der Waals surface area contributed by atoms with Gasteiger partial charge in [-0.05, 0) is 24.3 Å². The van der Waals surface area contributed by atoms with E-state index in [1.165, 1.54) is 0 Å². The van der Waals surface area contributed by atoms with Gasteiger partial charge >= 0.3 is 0 Å². The van der Waals surface area contributed by atoms with E-state index in [1.807, 2.05) is 53.4 Å². The van der Waals surface area contributed by atoms with E-state index in [-0.39, 0.29) is 13.2 Å². The predicted molar refractivity (Wildman–Crippen MR) is 97.2 cm³/mol. The SMILES string of the molecule is OCCN(CCO)Cn1nnc2ccccc21.c1ccc2n[nH]nc2c1. The van der Waals surface area contributed by atoms with Crippen LogP contribution < -0.4 is 0 Å². The van der Waals surface area contributed by atoms with Crippen LogP contribution in [0.4, 0.5) is 0 Å². The average Bonchev–Trinajstić information content (AvgIpc) is 3.30. The van der Waals surface area contributed by atoms with Crippen LogP contribution in [-0.4, -0.2) is 71.8 Å². The number of aromatic nitrogens is 6. The number of nitrogens with one attached hydrogen (secondary N) is 1. The van der Waals surface area contributed by atoms with Gasteiger partial charge in [0.1, 0.15) is 16.6 Å². The first-order valence-corrected chi connectivity index (χ1v) is 8.29.